The van der Waals surface area contributed by atoms with Crippen LogP contribution in [-0.4, -0.2) is 51.7 Å². The number of hydrogen-bond acceptors (Lipinski definition) is 4. The molecule has 122 heavy (non-hydrogen) atoms. The highest BCUT2D eigenvalue weighted by Gasteiger charge is 2.30. The first-order valence-electron chi connectivity index (χ1n) is 45.3. The van der Waals surface area contributed by atoms with Crippen LogP contribution in [0.3, 0.4) is 0 Å². The summed E-state index contributed by atoms with van der Waals surface area (Å²) in [4.78, 5) is 14.2. The summed E-state index contributed by atoms with van der Waals surface area (Å²) >= 11 is 0. The molecule has 18 aromatic rings. The lowest BCUT2D eigenvalue weighted by Crippen LogP contribution is -2.06. The van der Waals surface area contributed by atoms with E-state index in [1.54, 1.807) is 11.1 Å². The van der Waals surface area contributed by atoms with E-state index in [9.17, 15) is 4.79 Å². The van der Waals surface area contributed by atoms with Crippen molar-refractivity contribution in [3.05, 3.63) is 306 Å². The van der Waals surface area contributed by atoms with Crippen LogP contribution < -0.4 is 10.1 Å². The summed E-state index contributed by atoms with van der Waals surface area (Å²) in [6, 6.07) is 79.3. The van der Waals surface area contributed by atoms with Crippen LogP contribution in [0.1, 0.15) is 185 Å². The number of benzene rings is 12. The zero-order chi connectivity index (χ0) is 83.7. The topological polar surface area (TPSA) is 71.2 Å². The van der Waals surface area contributed by atoms with E-state index >= 15 is 0 Å². The maximum atomic E-state index is 12.0. The Morgan fingerprint density at radius 1 is 0.344 bits per heavy atom. The molecule has 9 heterocycles. The van der Waals surface area contributed by atoms with Crippen molar-refractivity contribution in [2.75, 3.05) is 13.7 Å². The van der Waals surface area contributed by atoms with Gasteiger partial charge in [-0.15, -0.1) is 0 Å². The van der Waals surface area contributed by atoms with Crippen molar-refractivity contribution in [3.63, 3.8) is 0 Å². The van der Waals surface area contributed by atoms with Gasteiger partial charge in [0.25, 0.3) is 0 Å². The number of ketones is 1. The molecule has 3 aliphatic carbocycles. The van der Waals surface area contributed by atoms with Crippen LogP contribution in [0.4, 0.5) is 0 Å². The zero-order valence-electron chi connectivity index (χ0n) is 72.7. The maximum absolute atomic E-state index is 12.0. The van der Waals surface area contributed by atoms with E-state index in [1.807, 2.05) is 6.07 Å². The summed E-state index contributed by atoms with van der Waals surface area (Å²) in [7, 11) is 2.12. The van der Waals surface area contributed by atoms with Crippen LogP contribution in [0.5, 0.6) is 5.75 Å². The average molecular weight is 1600 g/mol. The van der Waals surface area contributed by atoms with Crippen LogP contribution in [0.2, 0.25) is 0 Å². The highest BCUT2D eigenvalue weighted by molar-refractivity contribution is 6.18. The van der Waals surface area contributed by atoms with E-state index < -0.39 is 0 Å². The van der Waals surface area contributed by atoms with E-state index in [1.165, 1.54) is 207 Å². The highest BCUT2D eigenvalue weighted by atomic mass is 16.5. The molecule has 6 aliphatic rings. The van der Waals surface area contributed by atoms with Crippen molar-refractivity contribution in [3.8, 4) is 5.75 Å². The summed E-state index contributed by atoms with van der Waals surface area (Å²) in [5.41, 5.74) is 35.6. The molecule has 614 valence electrons. The molecular weight excluding hydrogens is 1490 g/mol. The van der Waals surface area contributed by atoms with Gasteiger partial charge in [0.05, 0.1) is 10.9 Å². The van der Waals surface area contributed by atoms with Crippen molar-refractivity contribution in [2.24, 2.45) is 0 Å². The summed E-state index contributed by atoms with van der Waals surface area (Å²) < 4.78 is 20.6. The monoisotopic (exact) mass is 1600 g/mol. The Hall–Kier alpha value is -12.5. The van der Waals surface area contributed by atoms with Gasteiger partial charge in [0, 0.05) is 219 Å². The van der Waals surface area contributed by atoms with Crippen LogP contribution in [-0.2, 0) is 71.6 Å². The van der Waals surface area contributed by atoms with Gasteiger partial charge in [-0.05, 0) is 218 Å². The molecule has 0 amide bonds. The van der Waals surface area contributed by atoms with Gasteiger partial charge >= 0.3 is 0 Å². The summed E-state index contributed by atoms with van der Waals surface area (Å²) in [5.74, 6) is 2.04. The van der Waals surface area contributed by atoms with Gasteiger partial charge in [-0.25, -0.2) is 0 Å². The first kappa shape index (κ1) is 79.3. The third-order valence-electron chi connectivity index (χ3n) is 27.1. The number of nitrogens with zero attached hydrogens (tertiary/aromatic N) is 7. The molecule has 0 saturated carbocycles. The van der Waals surface area contributed by atoms with Gasteiger partial charge < -0.3 is 42.4 Å². The Labute approximate surface area is 717 Å². The molecule has 1 unspecified atom stereocenters. The number of aromatic nitrogens is 6. The van der Waals surface area contributed by atoms with Crippen LogP contribution in [0, 0.1) is 0 Å². The SMILES string of the molecule is C=C1CCCc2c1ccc1c2c2ccccc2n1CCC.C=C1COc2c1ccc1c2c2ccccc2n1CCC.C=C1NCc2c1ccc1c2c2ccccc2n1CCC.C=C1c2ccc3c(c2CN1C)c1ccccc1n3CCC.CCCn1c2ccccc2c2c3c(ccc21)C(=O)CC3.CCCn1c2ccccc2c2c3c(ccc21)C(C)CC3. The fraction of sp³-hybridized carbons (Fsp3) is 0.277. The molecule has 3 aliphatic heterocycles. The van der Waals surface area contributed by atoms with Crippen LogP contribution in [0.15, 0.2) is 245 Å². The second-order valence-corrected chi connectivity index (χ2v) is 34.7. The predicted octanol–water partition coefficient (Wildman–Crippen LogP) is 28.7. The lowest BCUT2D eigenvalue weighted by atomic mass is 9.85. The number of fused-ring (bicyclic) bond motifs is 30. The number of hydrogen-bond donors (Lipinski definition) is 1. The van der Waals surface area contributed by atoms with Crippen molar-refractivity contribution in [2.45, 2.75) is 190 Å². The first-order chi connectivity index (χ1) is 59.8. The lowest BCUT2D eigenvalue weighted by Gasteiger charge is -2.19. The molecule has 12 aromatic carbocycles. The Bertz CT molecular complexity index is 6930. The van der Waals surface area contributed by atoms with Gasteiger partial charge in [0.15, 0.2) is 5.78 Å². The largest absolute Gasteiger partial charge is 0.488 e. The maximum Gasteiger partial charge on any atom is 0.163 e. The van der Waals surface area contributed by atoms with Gasteiger partial charge in [0.1, 0.15) is 12.4 Å². The van der Waals surface area contributed by atoms with Gasteiger partial charge in [-0.3, -0.25) is 4.79 Å². The smallest absolute Gasteiger partial charge is 0.163 e. The number of carbonyl (C=O) groups excluding carboxylic acids is 1. The number of ether oxygens (including phenoxy) is 1. The second-order valence-electron chi connectivity index (χ2n) is 34.7. The molecular formula is C112H114N8O2. The number of aryl methyl sites for hydroxylation is 9. The van der Waals surface area contributed by atoms with Crippen LogP contribution in [0.25, 0.3) is 153 Å². The van der Waals surface area contributed by atoms with Crippen LogP contribution >= 0.6 is 0 Å². The van der Waals surface area contributed by atoms with Gasteiger partial charge in [0.2, 0.25) is 0 Å². The van der Waals surface area contributed by atoms with E-state index in [0.29, 0.717) is 18.8 Å². The van der Waals surface area contributed by atoms with Gasteiger partial charge in [-0.2, -0.15) is 0 Å². The lowest BCUT2D eigenvalue weighted by molar-refractivity contribution is 0.0994. The van der Waals surface area contributed by atoms with E-state index in [2.05, 4.69) is 332 Å². The number of para-hydroxylation sites is 6. The minimum Gasteiger partial charge on any atom is -0.488 e. The zero-order valence-corrected chi connectivity index (χ0v) is 72.7. The van der Waals surface area contributed by atoms with Crippen molar-refractivity contribution < 1.29 is 9.53 Å². The number of nitrogens with one attached hydrogen (secondary N) is 1. The molecule has 6 aromatic heterocycles. The minimum absolute atomic E-state index is 0.300. The average Bonchev–Trinajstić information content (AvgIpc) is 1.58. The normalized spacial score (nSPS) is 14.9. The molecule has 1 N–H and O–H groups in total. The third kappa shape index (κ3) is 13.2. The molecule has 24 rings (SSSR count). The number of allylic oxidation sites excluding steroid dienone is 1. The minimum atomic E-state index is 0.300. The molecule has 0 spiro atoms. The molecule has 0 saturated heterocycles. The Morgan fingerprint density at radius 2 is 0.705 bits per heavy atom. The molecule has 10 heteroatoms. The highest BCUT2D eigenvalue weighted by Crippen LogP contribution is 2.48. The molecule has 0 fully saturated rings. The summed E-state index contributed by atoms with van der Waals surface area (Å²) in [5, 5.41) is 19.9. The first-order valence-corrected chi connectivity index (χ1v) is 45.3. The summed E-state index contributed by atoms with van der Waals surface area (Å²) in [6.45, 7) is 41.3. The third-order valence-corrected chi connectivity index (χ3v) is 27.1. The van der Waals surface area contributed by atoms with Crippen molar-refractivity contribution in [1.29, 1.82) is 0 Å². The predicted molar refractivity (Wildman–Crippen MR) is 521 cm³/mol. The van der Waals surface area contributed by atoms with E-state index in [4.69, 9.17) is 4.74 Å². The summed E-state index contributed by atoms with van der Waals surface area (Å²) in [6.07, 6.45) is 14.6. The Kier molecular flexibility index (Phi) is 21.5. The molecule has 0 radical (unpaired) electrons. The standard InChI is InChI=1S/C20H21N.C19H20N2.C19H21N.C18H18N2.2C18H17NO/c1-3-13-21-18-10-5-4-8-17(18)20-16-9-6-7-14(2)15(16)11-12-19(20)21;1-4-11-21-17-8-6-5-7-15(17)19-16-12-20(3)13(2)14(16)9-10-18(19)21;1-3-12-20-17-7-5-4-6-16(17)19-15-9-8-13(2)14(15)10-11-18(19)20;1-3-10-20-16-7-5-4-6-14(16)18-15-11-19-12(2)13(15)8-9-17(18)20;1-3-10-19-15-7-5-4-6-14(15)17-16(19)9-8-13-12(2)11-20-18(13)17;1-2-11-19-15-6-4-3-5-14(15)18-13-8-10-17(20)12(13)7-9-16(18)19/h4-5,8,10-12H,2-3,6-7,9,13H2,1H3;5-10H,2,4,11-12H2,1,3H3;4-7,10-11,13H,3,8-9,12H2,1-2H3;4-9,19H,2-3,10-11H2,1H3;4-9H,2-3,10-11H2,1H3;3-7,9H,2,8,10-11H2,1H3. The van der Waals surface area contributed by atoms with E-state index in [-0.39, 0.29) is 0 Å². The molecule has 1 atom stereocenters. The molecule has 0 bridgehead atoms. The fourth-order valence-electron chi connectivity index (χ4n) is 21.7. The quantitative estimate of drug-likeness (QED) is 0.132. The Morgan fingerprint density at radius 3 is 1.16 bits per heavy atom. The molecule has 10 nitrogen and oxygen atoms in total. The van der Waals surface area contributed by atoms with E-state index in [0.717, 1.165) is 137 Å². The second kappa shape index (κ2) is 33.1. The van der Waals surface area contributed by atoms with Crippen molar-refractivity contribution >= 4 is 159 Å². The number of carbonyl (C=O) groups is 1. The van der Waals surface area contributed by atoms with Crippen molar-refractivity contribution in [1.82, 2.24) is 37.6 Å². The number of rotatable bonds is 12. The van der Waals surface area contributed by atoms with Gasteiger partial charge in [-0.1, -0.05) is 208 Å². The fourth-order valence-corrected chi connectivity index (χ4v) is 21.7. The Balaban J connectivity index is 0.0000000964. The number of Topliss-reactive ketones (excluding diaryl/α,β-unsaturated/α-hetero) is 1.